The molecule has 0 saturated heterocycles. The lowest BCUT2D eigenvalue weighted by atomic mass is 10.0. The minimum absolute atomic E-state index is 0.0181. The molecule has 2 aromatic carbocycles. The van der Waals surface area contributed by atoms with Gasteiger partial charge in [-0.05, 0) is 47.9 Å². The molecule has 2 atom stereocenters. The number of H-pyrrole nitrogens is 1. The molecule has 0 unspecified atom stereocenters. The van der Waals surface area contributed by atoms with Gasteiger partial charge in [-0.3, -0.25) is 14.3 Å². The monoisotopic (exact) mass is 450 g/mol. The largest absolute Gasteiger partial charge is 0.435 e. The van der Waals surface area contributed by atoms with Crippen molar-refractivity contribution < 1.29 is 18.3 Å². The molecule has 0 aliphatic heterocycles. The van der Waals surface area contributed by atoms with E-state index in [-0.39, 0.29) is 29.3 Å². The maximum atomic E-state index is 12.8. The maximum Gasteiger partial charge on any atom is 0.387 e. The van der Waals surface area contributed by atoms with Gasteiger partial charge >= 0.3 is 12.3 Å². The number of pyridine rings is 1. The van der Waals surface area contributed by atoms with Crippen molar-refractivity contribution in [2.75, 3.05) is 0 Å². The van der Waals surface area contributed by atoms with E-state index < -0.39 is 6.61 Å². The smallest absolute Gasteiger partial charge is 0.387 e. The Labute approximate surface area is 187 Å². The Bertz CT molecular complexity index is 1400. The lowest BCUT2D eigenvalue weighted by molar-refractivity contribution is -0.0498. The van der Waals surface area contributed by atoms with Crippen LogP contribution >= 0.6 is 0 Å². The molecule has 1 saturated carbocycles. The van der Waals surface area contributed by atoms with Crippen molar-refractivity contribution in [3.05, 3.63) is 82.4 Å². The van der Waals surface area contributed by atoms with Crippen molar-refractivity contribution in [3.8, 4) is 16.9 Å². The van der Waals surface area contributed by atoms with Gasteiger partial charge in [0.25, 0.3) is 5.91 Å². The van der Waals surface area contributed by atoms with Gasteiger partial charge in [-0.2, -0.15) is 8.78 Å². The quantitative estimate of drug-likeness (QED) is 0.468. The van der Waals surface area contributed by atoms with Gasteiger partial charge in [-0.25, -0.2) is 9.78 Å². The van der Waals surface area contributed by atoms with Crippen LogP contribution in [0, 0.1) is 0 Å². The Hall–Kier alpha value is -4.01. The van der Waals surface area contributed by atoms with Crippen LogP contribution in [0.2, 0.25) is 0 Å². The molecule has 2 aromatic heterocycles. The molecule has 9 heteroatoms. The maximum absolute atomic E-state index is 12.8. The number of nitrogens with one attached hydrogen (secondary N) is 2. The van der Waals surface area contributed by atoms with Crippen LogP contribution in [0.15, 0.2) is 65.6 Å². The van der Waals surface area contributed by atoms with Crippen molar-refractivity contribution in [2.45, 2.75) is 25.0 Å². The van der Waals surface area contributed by atoms with E-state index in [1.807, 2.05) is 12.1 Å². The molecule has 1 aliphatic rings. The fourth-order valence-electron chi connectivity index (χ4n) is 3.97. The van der Waals surface area contributed by atoms with Crippen LogP contribution in [0.5, 0.6) is 5.75 Å². The molecule has 0 radical (unpaired) electrons. The van der Waals surface area contributed by atoms with E-state index >= 15 is 0 Å². The van der Waals surface area contributed by atoms with E-state index in [4.69, 9.17) is 0 Å². The number of aromatic nitrogens is 3. The first kappa shape index (κ1) is 20.9. The number of fused-ring (bicyclic) bond motifs is 1. The second-order valence-corrected chi connectivity index (χ2v) is 8.03. The van der Waals surface area contributed by atoms with Crippen molar-refractivity contribution >= 4 is 17.1 Å². The first-order valence-electron chi connectivity index (χ1n) is 10.4. The van der Waals surface area contributed by atoms with E-state index in [1.54, 1.807) is 43.6 Å². The normalized spacial score (nSPS) is 17.3. The number of hydrogen-bond donors (Lipinski definition) is 2. The summed E-state index contributed by atoms with van der Waals surface area (Å²) in [6.07, 6.45) is 2.44. The van der Waals surface area contributed by atoms with Gasteiger partial charge < -0.3 is 10.1 Å². The summed E-state index contributed by atoms with van der Waals surface area (Å²) in [5.41, 5.74) is 4.04. The molecule has 7 nitrogen and oxygen atoms in total. The second-order valence-electron chi connectivity index (χ2n) is 8.03. The number of aromatic amines is 1. The molecule has 5 rings (SSSR count). The van der Waals surface area contributed by atoms with Crippen LogP contribution in [0.3, 0.4) is 0 Å². The minimum Gasteiger partial charge on any atom is -0.435 e. The van der Waals surface area contributed by atoms with E-state index in [9.17, 15) is 18.4 Å². The number of nitrogens with zero attached hydrogens (tertiary/aromatic N) is 2. The first-order chi connectivity index (χ1) is 15.9. The van der Waals surface area contributed by atoms with Gasteiger partial charge in [0.2, 0.25) is 0 Å². The standard InChI is InChI=1S/C24H20F2N4O3/c1-30-20-10-16(12-27-21(20)29-24(30)32)14-3-2-4-15(9-14)22(31)28-19-11-18(19)13-5-7-17(8-6-13)33-23(25)26/h2-10,12,18-19,23H,11H2,1H3,(H,28,31)(H,27,29,32)/t18-,19+/m1/s1. The Morgan fingerprint density at radius 2 is 1.97 bits per heavy atom. The Morgan fingerprint density at radius 1 is 1.18 bits per heavy atom. The molecule has 33 heavy (non-hydrogen) atoms. The lowest BCUT2D eigenvalue weighted by Gasteiger charge is -2.08. The summed E-state index contributed by atoms with van der Waals surface area (Å²) < 4.78 is 30.4. The van der Waals surface area contributed by atoms with Crippen LogP contribution in [0.25, 0.3) is 22.3 Å². The molecule has 168 valence electrons. The molecule has 1 fully saturated rings. The highest BCUT2D eigenvalue weighted by Crippen LogP contribution is 2.41. The number of ether oxygens (including phenoxy) is 1. The van der Waals surface area contributed by atoms with Crippen LogP contribution < -0.4 is 15.7 Å². The zero-order valence-corrected chi connectivity index (χ0v) is 17.6. The van der Waals surface area contributed by atoms with E-state index in [1.165, 1.54) is 16.7 Å². The van der Waals surface area contributed by atoms with Crippen LogP contribution in [-0.2, 0) is 7.05 Å². The Kier molecular flexibility index (Phi) is 5.16. The molecule has 0 spiro atoms. The average molecular weight is 450 g/mol. The van der Waals surface area contributed by atoms with Crippen molar-refractivity contribution in [1.29, 1.82) is 0 Å². The van der Waals surface area contributed by atoms with Crippen LogP contribution in [0.1, 0.15) is 28.3 Å². The van der Waals surface area contributed by atoms with Gasteiger partial charge in [0, 0.05) is 36.3 Å². The number of carbonyl (C=O) groups is 1. The molecular weight excluding hydrogens is 430 g/mol. The van der Waals surface area contributed by atoms with Crippen molar-refractivity contribution in [2.24, 2.45) is 7.05 Å². The number of benzene rings is 2. The summed E-state index contributed by atoms with van der Waals surface area (Å²) in [6, 6.07) is 15.6. The third-order valence-electron chi connectivity index (χ3n) is 5.86. The minimum atomic E-state index is -2.85. The highest BCUT2D eigenvalue weighted by molar-refractivity contribution is 5.96. The fraction of sp³-hybridized carbons (Fsp3) is 0.208. The van der Waals surface area contributed by atoms with Crippen molar-refractivity contribution in [3.63, 3.8) is 0 Å². The van der Waals surface area contributed by atoms with Crippen LogP contribution in [-0.4, -0.2) is 33.1 Å². The summed E-state index contributed by atoms with van der Waals surface area (Å²) in [6.45, 7) is -2.85. The molecular formula is C24H20F2N4O3. The summed E-state index contributed by atoms with van der Waals surface area (Å²) >= 11 is 0. The van der Waals surface area contributed by atoms with Gasteiger partial charge in [-0.1, -0.05) is 24.3 Å². The number of imidazole rings is 1. The van der Waals surface area contributed by atoms with Gasteiger partial charge in [0.15, 0.2) is 5.65 Å². The zero-order chi connectivity index (χ0) is 23.1. The predicted molar refractivity (Wildman–Crippen MR) is 118 cm³/mol. The summed E-state index contributed by atoms with van der Waals surface area (Å²) in [4.78, 5) is 31.6. The van der Waals surface area contributed by atoms with Crippen molar-refractivity contribution in [1.82, 2.24) is 19.9 Å². The number of hydrogen-bond acceptors (Lipinski definition) is 4. The molecule has 1 aliphatic carbocycles. The molecule has 1 amide bonds. The van der Waals surface area contributed by atoms with Gasteiger partial charge in [0.05, 0.1) is 5.52 Å². The highest BCUT2D eigenvalue weighted by atomic mass is 19.3. The van der Waals surface area contributed by atoms with E-state index in [2.05, 4.69) is 20.0 Å². The topological polar surface area (TPSA) is 89.0 Å². The Morgan fingerprint density at radius 3 is 2.73 bits per heavy atom. The molecule has 0 bridgehead atoms. The number of alkyl halides is 2. The fourth-order valence-corrected chi connectivity index (χ4v) is 3.97. The number of carbonyl (C=O) groups excluding carboxylic acids is 1. The van der Waals surface area contributed by atoms with Crippen LogP contribution in [0.4, 0.5) is 8.78 Å². The first-order valence-corrected chi connectivity index (χ1v) is 10.4. The molecule has 4 aromatic rings. The summed E-state index contributed by atoms with van der Waals surface area (Å²) in [5, 5.41) is 3.03. The third-order valence-corrected chi connectivity index (χ3v) is 5.86. The zero-order valence-electron chi connectivity index (χ0n) is 17.6. The number of amides is 1. The molecule has 2 N–H and O–H groups in total. The summed E-state index contributed by atoms with van der Waals surface area (Å²) in [7, 11) is 1.67. The van der Waals surface area contributed by atoms with E-state index in [0.29, 0.717) is 16.7 Å². The van der Waals surface area contributed by atoms with Gasteiger partial charge in [-0.15, -0.1) is 0 Å². The SMILES string of the molecule is Cn1c(=O)[nH]c2ncc(-c3cccc(C(=O)N[C@H]4C[C@@H]4c4ccc(OC(F)F)cc4)c3)cc21. The third kappa shape index (κ3) is 4.21. The Balaban J connectivity index is 1.28. The number of halogens is 2. The average Bonchev–Trinajstić information content (AvgIpc) is 3.51. The second kappa shape index (κ2) is 8.16. The predicted octanol–water partition coefficient (Wildman–Crippen LogP) is 3.82. The number of rotatable bonds is 6. The number of aryl methyl sites for hydroxylation is 1. The lowest BCUT2D eigenvalue weighted by Crippen LogP contribution is -2.26. The molecule has 2 heterocycles. The van der Waals surface area contributed by atoms with E-state index in [0.717, 1.165) is 23.1 Å². The summed E-state index contributed by atoms with van der Waals surface area (Å²) in [5.74, 6) is 0.0588. The van der Waals surface area contributed by atoms with Gasteiger partial charge in [0.1, 0.15) is 5.75 Å². The highest BCUT2D eigenvalue weighted by Gasteiger charge is 2.39.